The van der Waals surface area contributed by atoms with Crippen LogP contribution in [-0.4, -0.2) is 55.6 Å². The number of carbonyl (C=O) groups excluding carboxylic acids is 1. The van der Waals surface area contributed by atoms with Crippen LogP contribution in [0.2, 0.25) is 0 Å². The Balaban J connectivity index is 1.36. The molecule has 2 aromatic carbocycles. The molecule has 5 nitrogen and oxygen atoms in total. The molecule has 1 saturated carbocycles. The molecule has 2 heterocycles. The zero-order valence-corrected chi connectivity index (χ0v) is 18.5. The minimum absolute atomic E-state index is 0.280. The summed E-state index contributed by atoms with van der Waals surface area (Å²) < 4.78 is 10.8. The molecule has 3 fully saturated rings. The van der Waals surface area contributed by atoms with Crippen molar-refractivity contribution in [3.05, 3.63) is 59.7 Å². The highest BCUT2D eigenvalue weighted by Crippen LogP contribution is 2.45. The van der Waals surface area contributed by atoms with E-state index in [-0.39, 0.29) is 5.92 Å². The van der Waals surface area contributed by atoms with E-state index in [1.165, 1.54) is 11.1 Å². The van der Waals surface area contributed by atoms with E-state index in [4.69, 9.17) is 9.47 Å². The summed E-state index contributed by atoms with van der Waals surface area (Å²) in [6.45, 7) is 3.84. The number of benzene rings is 2. The first-order valence-corrected chi connectivity index (χ1v) is 11.5. The van der Waals surface area contributed by atoms with Gasteiger partial charge in [0.15, 0.2) is 0 Å². The number of methoxy groups -OCH3 is 2. The number of piperidine rings is 1. The molecule has 2 saturated heterocycles. The quantitative estimate of drug-likeness (QED) is 0.710. The molecule has 2 aromatic rings. The third-order valence-electron chi connectivity index (χ3n) is 7.31. The number of hydrogen-bond donors (Lipinski definition) is 0. The molecule has 1 aliphatic carbocycles. The van der Waals surface area contributed by atoms with Crippen LogP contribution in [0, 0.1) is 11.8 Å². The van der Waals surface area contributed by atoms with Crippen molar-refractivity contribution in [1.29, 1.82) is 0 Å². The lowest BCUT2D eigenvalue weighted by Gasteiger charge is -2.39. The maximum absolute atomic E-state index is 13.1. The maximum Gasteiger partial charge on any atom is 0.225 e. The van der Waals surface area contributed by atoms with Gasteiger partial charge in [-0.25, -0.2) is 0 Å². The minimum Gasteiger partial charge on any atom is -0.497 e. The zero-order valence-electron chi connectivity index (χ0n) is 18.5. The van der Waals surface area contributed by atoms with Gasteiger partial charge in [0.2, 0.25) is 5.91 Å². The first kappa shape index (κ1) is 20.4. The van der Waals surface area contributed by atoms with E-state index >= 15 is 0 Å². The Morgan fingerprint density at radius 1 is 0.968 bits per heavy atom. The van der Waals surface area contributed by atoms with Gasteiger partial charge < -0.3 is 14.4 Å². The van der Waals surface area contributed by atoms with Gasteiger partial charge in [0.25, 0.3) is 0 Å². The molecule has 0 unspecified atom stereocenters. The number of amides is 1. The standard InChI is InChI=1S/C26H32N2O3/c1-30-21-10-6-18(7-11-21)15-27-13-12-25-24(16-27)23(17-28(25)26(29)19-8-9-19)20-4-3-5-22(14-20)31-2/h3-7,10-11,14,19,23-25H,8-9,12-13,15-17H2,1-2H3/t23-,24-,25-/m1/s1. The fraction of sp³-hybridized carbons (Fsp3) is 0.500. The van der Waals surface area contributed by atoms with E-state index in [1.807, 2.05) is 18.2 Å². The van der Waals surface area contributed by atoms with Crippen LogP contribution in [0.5, 0.6) is 11.5 Å². The van der Waals surface area contributed by atoms with Crippen molar-refractivity contribution < 1.29 is 14.3 Å². The Bertz CT molecular complexity index is 925. The van der Waals surface area contributed by atoms with E-state index in [0.717, 1.165) is 56.9 Å². The monoisotopic (exact) mass is 420 g/mol. The molecule has 0 radical (unpaired) electrons. The third-order valence-corrected chi connectivity index (χ3v) is 7.31. The van der Waals surface area contributed by atoms with Crippen LogP contribution in [0.25, 0.3) is 0 Å². The highest BCUT2D eigenvalue weighted by atomic mass is 16.5. The lowest BCUT2D eigenvalue weighted by atomic mass is 9.81. The highest BCUT2D eigenvalue weighted by molar-refractivity contribution is 5.82. The number of carbonyl (C=O) groups is 1. The van der Waals surface area contributed by atoms with Crippen molar-refractivity contribution in [1.82, 2.24) is 9.80 Å². The number of nitrogens with zero attached hydrogens (tertiary/aromatic N) is 2. The van der Waals surface area contributed by atoms with Crippen LogP contribution in [0.15, 0.2) is 48.5 Å². The average molecular weight is 421 g/mol. The summed E-state index contributed by atoms with van der Waals surface area (Å²) in [4.78, 5) is 17.9. The molecule has 3 atom stereocenters. The summed E-state index contributed by atoms with van der Waals surface area (Å²) in [5, 5.41) is 0. The summed E-state index contributed by atoms with van der Waals surface area (Å²) in [7, 11) is 3.42. The smallest absolute Gasteiger partial charge is 0.225 e. The molecule has 0 N–H and O–H groups in total. The lowest BCUT2D eigenvalue weighted by molar-refractivity contribution is -0.134. The van der Waals surface area contributed by atoms with Gasteiger partial charge in [-0.15, -0.1) is 0 Å². The summed E-state index contributed by atoms with van der Waals surface area (Å²) in [5.74, 6) is 3.28. The summed E-state index contributed by atoms with van der Waals surface area (Å²) in [6, 6.07) is 17.2. The van der Waals surface area contributed by atoms with Crippen LogP contribution < -0.4 is 9.47 Å². The largest absolute Gasteiger partial charge is 0.497 e. The molecular formula is C26H32N2O3. The fourth-order valence-electron chi connectivity index (χ4n) is 5.48. The molecule has 0 bridgehead atoms. The zero-order chi connectivity index (χ0) is 21.4. The summed E-state index contributed by atoms with van der Waals surface area (Å²) in [6.07, 6.45) is 3.19. The van der Waals surface area contributed by atoms with Gasteiger partial charge in [0.1, 0.15) is 11.5 Å². The molecule has 164 valence electrons. The van der Waals surface area contributed by atoms with E-state index in [2.05, 4.69) is 40.1 Å². The lowest BCUT2D eigenvalue weighted by Crippen LogP contribution is -2.48. The number of fused-ring (bicyclic) bond motifs is 1. The second kappa shape index (κ2) is 8.54. The van der Waals surface area contributed by atoms with Crippen molar-refractivity contribution in [2.75, 3.05) is 33.9 Å². The van der Waals surface area contributed by atoms with E-state index < -0.39 is 0 Å². The molecule has 2 aliphatic heterocycles. The van der Waals surface area contributed by atoms with Gasteiger partial charge in [-0.1, -0.05) is 24.3 Å². The van der Waals surface area contributed by atoms with Gasteiger partial charge >= 0.3 is 0 Å². The van der Waals surface area contributed by atoms with Crippen molar-refractivity contribution in [3.63, 3.8) is 0 Å². The minimum atomic E-state index is 0.280. The number of ether oxygens (including phenoxy) is 2. The van der Waals surface area contributed by atoms with Gasteiger partial charge in [-0.3, -0.25) is 9.69 Å². The van der Waals surface area contributed by atoms with Crippen LogP contribution in [-0.2, 0) is 11.3 Å². The molecule has 0 aromatic heterocycles. The third kappa shape index (κ3) is 4.16. The molecule has 3 aliphatic rings. The van der Waals surface area contributed by atoms with Crippen molar-refractivity contribution in [3.8, 4) is 11.5 Å². The first-order chi connectivity index (χ1) is 15.2. The van der Waals surface area contributed by atoms with Crippen LogP contribution >= 0.6 is 0 Å². The van der Waals surface area contributed by atoms with Gasteiger partial charge in [-0.2, -0.15) is 0 Å². The predicted octanol–water partition coefficient (Wildman–Crippen LogP) is 3.93. The molecule has 1 amide bonds. The molecule has 5 heteroatoms. The fourth-order valence-corrected chi connectivity index (χ4v) is 5.48. The maximum atomic E-state index is 13.1. The van der Waals surface area contributed by atoms with Crippen molar-refractivity contribution in [2.45, 2.75) is 37.8 Å². The summed E-state index contributed by atoms with van der Waals surface area (Å²) in [5.41, 5.74) is 2.60. The van der Waals surface area contributed by atoms with Crippen LogP contribution in [0.1, 0.15) is 36.3 Å². The Labute approximate surface area is 184 Å². The number of rotatable bonds is 6. The molecule has 0 spiro atoms. The van der Waals surface area contributed by atoms with E-state index in [9.17, 15) is 4.79 Å². The number of likely N-dealkylation sites (tertiary alicyclic amines) is 2. The highest BCUT2D eigenvalue weighted by Gasteiger charge is 2.49. The molecule has 31 heavy (non-hydrogen) atoms. The van der Waals surface area contributed by atoms with Crippen LogP contribution in [0.3, 0.4) is 0 Å². The second-order valence-electron chi connectivity index (χ2n) is 9.25. The summed E-state index contributed by atoms with van der Waals surface area (Å²) >= 11 is 0. The van der Waals surface area contributed by atoms with Crippen molar-refractivity contribution in [2.24, 2.45) is 11.8 Å². The van der Waals surface area contributed by atoms with E-state index in [0.29, 0.717) is 23.8 Å². The normalized spacial score (nSPS) is 25.9. The van der Waals surface area contributed by atoms with Crippen molar-refractivity contribution >= 4 is 5.91 Å². The Morgan fingerprint density at radius 3 is 2.45 bits per heavy atom. The molecular weight excluding hydrogens is 388 g/mol. The van der Waals surface area contributed by atoms with E-state index in [1.54, 1.807) is 14.2 Å². The Morgan fingerprint density at radius 2 is 1.74 bits per heavy atom. The van der Waals surface area contributed by atoms with Gasteiger partial charge in [0.05, 0.1) is 14.2 Å². The average Bonchev–Trinajstić information content (AvgIpc) is 3.60. The van der Waals surface area contributed by atoms with Gasteiger partial charge in [0, 0.05) is 50.0 Å². The SMILES string of the molecule is COc1ccc(CN2CC[C@@H]3[C@H](C2)[C@@H](c2cccc(OC)c2)CN3C(=O)C2CC2)cc1. The predicted molar refractivity (Wildman–Crippen MR) is 120 cm³/mol. The number of hydrogen-bond acceptors (Lipinski definition) is 4. The van der Waals surface area contributed by atoms with Gasteiger partial charge in [-0.05, 0) is 54.7 Å². The Kier molecular flexibility index (Phi) is 5.61. The topological polar surface area (TPSA) is 42.0 Å². The molecule has 5 rings (SSSR count). The first-order valence-electron chi connectivity index (χ1n) is 11.5. The Hall–Kier alpha value is -2.53. The van der Waals surface area contributed by atoms with Crippen LogP contribution in [0.4, 0.5) is 0 Å². The second-order valence-corrected chi connectivity index (χ2v) is 9.25.